The number of aromatic nitrogens is 4. The zero-order valence-electron chi connectivity index (χ0n) is 24.1. The van der Waals surface area contributed by atoms with Crippen LogP contribution in [0.25, 0.3) is 5.69 Å². The van der Waals surface area contributed by atoms with Crippen molar-refractivity contribution < 1.29 is 22.7 Å². The number of ether oxygens (including phenoxy) is 1. The van der Waals surface area contributed by atoms with Crippen LogP contribution >= 0.6 is 0 Å². The van der Waals surface area contributed by atoms with E-state index in [4.69, 9.17) is 10.5 Å². The summed E-state index contributed by atoms with van der Waals surface area (Å²) in [4.78, 5) is 18.6. The van der Waals surface area contributed by atoms with Gasteiger partial charge in [0.25, 0.3) is 5.82 Å². The maximum Gasteiger partial charge on any atom is 0.453 e. The molecule has 10 nitrogen and oxygen atoms in total. The Labute approximate surface area is 252 Å². The summed E-state index contributed by atoms with van der Waals surface area (Å²) in [6, 6.07) is 25.1. The molecule has 2 aliphatic rings. The van der Waals surface area contributed by atoms with Crippen molar-refractivity contribution in [2.24, 2.45) is 5.73 Å². The van der Waals surface area contributed by atoms with Crippen molar-refractivity contribution in [3.8, 4) is 11.4 Å². The van der Waals surface area contributed by atoms with E-state index >= 15 is 0 Å². The fourth-order valence-electron chi connectivity index (χ4n) is 6.59. The Bertz CT molecular complexity index is 1540. The van der Waals surface area contributed by atoms with Crippen LogP contribution in [-0.2, 0) is 12.7 Å². The molecule has 2 fully saturated rings. The smallest absolute Gasteiger partial charge is 0.453 e. The van der Waals surface area contributed by atoms with E-state index in [2.05, 4.69) is 49.6 Å². The Morgan fingerprint density at radius 2 is 1.66 bits per heavy atom. The number of piperazine rings is 2. The van der Waals surface area contributed by atoms with Crippen LogP contribution in [0, 0.1) is 0 Å². The topological polar surface area (TPSA) is 106 Å². The van der Waals surface area contributed by atoms with Gasteiger partial charge in [-0.05, 0) is 39.8 Å². The summed E-state index contributed by atoms with van der Waals surface area (Å²) < 4.78 is 47.1. The first-order chi connectivity index (χ1) is 21.2. The van der Waals surface area contributed by atoms with Crippen LogP contribution in [0.3, 0.4) is 0 Å². The average Bonchev–Trinajstić information content (AvgIpc) is 3.53. The van der Waals surface area contributed by atoms with E-state index in [1.165, 1.54) is 24.3 Å². The van der Waals surface area contributed by atoms with Crippen LogP contribution in [0.15, 0.2) is 78.9 Å². The fraction of sp³-hybridized carbons (Fsp3) is 0.355. The predicted molar refractivity (Wildman–Crippen MR) is 156 cm³/mol. The van der Waals surface area contributed by atoms with Crippen LogP contribution in [-0.4, -0.2) is 92.9 Å². The number of carbonyl (C=O) groups is 1. The minimum atomic E-state index is -4.72. The number of primary amides is 1. The summed E-state index contributed by atoms with van der Waals surface area (Å²) in [5, 5.41) is 10.1. The van der Waals surface area contributed by atoms with Crippen molar-refractivity contribution in [2.45, 2.75) is 30.7 Å². The van der Waals surface area contributed by atoms with E-state index < -0.39 is 18.0 Å². The zero-order chi connectivity index (χ0) is 30.8. The highest BCUT2D eigenvalue weighted by Gasteiger charge is 2.43. The molecule has 0 unspecified atom stereocenters. The third kappa shape index (κ3) is 5.97. The maximum absolute atomic E-state index is 13.6. The van der Waals surface area contributed by atoms with E-state index in [1.807, 2.05) is 36.4 Å². The van der Waals surface area contributed by atoms with Crippen molar-refractivity contribution >= 4 is 6.03 Å². The van der Waals surface area contributed by atoms with Gasteiger partial charge in [-0.2, -0.15) is 17.9 Å². The minimum Gasteiger partial charge on any atom is -0.496 e. The first-order valence-electron chi connectivity index (χ1n) is 14.4. The molecule has 230 valence electrons. The number of carbonyl (C=O) groups excluding carboxylic acids is 1. The Morgan fingerprint density at radius 1 is 0.977 bits per heavy atom. The summed E-state index contributed by atoms with van der Waals surface area (Å²) in [6.45, 7) is 3.41. The second kappa shape index (κ2) is 12.2. The number of halogens is 3. The van der Waals surface area contributed by atoms with Crippen LogP contribution in [0.1, 0.15) is 28.4 Å². The van der Waals surface area contributed by atoms with E-state index in [-0.39, 0.29) is 23.7 Å². The molecule has 2 amide bonds. The molecule has 1 aromatic heterocycles. The second-order valence-electron chi connectivity index (χ2n) is 11.1. The molecule has 2 saturated heterocycles. The number of amides is 2. The van der Waals surface area contributed by atoms with E-state index in [0.29, 0.717) is 55.3 Å². The van der Waals surface area contributed by atoms with E-state index in [0.717, 1.165) is 0 Å². The molecular weight excluding hydrogens is 573 g/mol. The number of rotatable bonds is 7. The Hall–Kier alpha value is -4.49. The Morgan fingerprint density at radius 3 is 2.27 bits per heavy atom. The predicted octanol–water partition coefficient (Wildman–Crippen LogP) is 3.77. The van der Waals surface area contributed by atoms with Crippen LogP contribution in [0.2, 0.25) is 0 Å². The van der Waals surface area contributed by atoms with Gasteiger partial charge in [-0.1, -0.05) is 60.7 Å². The van der Waals surface area contributed by atoms with Crippen LogP contribution in [0.5, 0.6) is 5.75 Å². The maximum atomic E-state index is 13.6. The summed E-state index contributed by atoms with van der Waals surface area (Å²) in [5.74, 6) is -0.629. The molecule has 3 heterocycles. The van der Waals surface area contributed by atoms with Gasteiger partial charge in [0.1, 0.15) is 5.75 Å². The lowest BCUT2D eigenvalue weighted by atomic mass is 9.81. The Kier molecular flexibility index (Phi) is 8.23. The van der Waals surface area contributed by atoms with E-state index in [9.17, 15) is 18.0 Å². The fourth-order valence-corrected chi connectivity index (χ4v) is 6.59. The lowest BCUT2D eigenvalue weighted by Crippen LogP contribution is -2.67. The highest BCUT2D eigenvalue weighted by molar-refractivity contribution is 5.72. The van der Waals surface area contributed by atoms with Crippen LogP contribution in [0.4, 0.5) is 18.0 Å². The van der Waals surface area contributed by atoms with Gasteiger partial charge in [0.2, 0.25) is 0 Å². The average molecular weight is 607 g/mol. The SMILES string of the molecule is COc1ccc(-n2nnnc2C(F)(F)F)cc1CN1C[C@@H]2CN(C(N)=O)CCN2[C@H](C(c2ccccc2)c2ccccc2)C1. The van der Waals surface area contributed by atoms with Gasteiger partial charge in [-0.15, -0.1) is 5.10 Å². The van der Waals surface area contributed by atoms with Gasteiger partial charge >= 0.3 is 12.2 Å². The summed E-state index contributed by atoms with van der Waals surface area (Å²) in [7, 11) is 1.53. The number of alkyl halides is 3. The number of hydrogen-bond acceptors (Lipinski definition) is 7. The first-order valence-corrected chi connectivity index (χ1v) is 14.4. The molecule has 13 heteroatoms. The Balaban J connectivity index is 1.37. The highest BCUT2D eigenvalue weighted by Crippen LogP contribution is 2.37. The third-order valence-electron chi connectivity index (χ3n) is 8.51. The molecule has 2 N–H and O–H groups in total. The second-order valence-corrected chi connectivity index (χ2v) is 11.1. The number of nitrogens with zero attached hydrogens (tertiary/aromatic N) is 7. The van der Waals surface area contributed by atoms with E-state index in [1.54, 1.807) is 17.0 Å². The van der Waals surface area contributed by atoms with Gasteiger partial charge in [-0.3, -0.25) is 9.80 Å². The monoisotopic (exact) mass is 606 g/mol. The summed E-state index contributed by atoms with van der Waals surface area (Å²) in [5.41, 5.74) is 8.94. The third-order valence-corrected chi connectivity index (χ3v) is 8.51. The van der Waals surface area contributed by atoms with Gasteiger partial charge in [0.05, 0.1) is 12.8 Å². The minimum absolute atomic E-state index is 0.00421. The molecule has 6 rings (SSSR count). The van der Waals surface area contributed by atoms with Gasteiger partial charge in [0, 0.05) is 62.8 Å². The van der Waals surface area contributed by atoms with Crippen molar-refractivity contribution in [3.63, 3.8) is 0 Å². The number of tetrazole rings is 1. The molecule has 2 aliphatic heterocycles. The quantitative estimate of drug-likeness (QED) is 0.342. The molecule has 3 aromatic carbocycles. The molecule has 2 atom stereocenters. The highest BCUT2D eigenvalue weighted by atomic mass is 19.4. The number of nitrogens with two attached hydrogens (primary N) is 1. The molecule has 0 radical (unpaired) electrons. The summed E-state index contributed by atoms with van der Waals surface area (Å²) in [6.07, 6.45) is -4.72. The standard InChI is InChI=1S/C31H33F3N8O2/c1-44-27-13-12-24(42-29(31(32,33)34)36-37-38-42)16-23(27)17-39-18-25-19-40(30(35)43)14-15-41(25)26(20-39)28(21-8-4-2-5-9-21)22-10-6-3-7-11-22/h2-13,16,25-26,28H,14-15,17-20H2,1H3,(H2,35,43)/t25-,26+/m1/s1. The number of methoxy groups -OCH3 is 1. The molecule has 0 spiro atoms. The van der Waals surface area contributed by atoms with Crippen molar-refractivity contribution in [1.82, 2.24) is 34.9 Å². The molecule has 4 aromatic rings. The lowest BCUT2D eigenvalue weighted by Gasteiger charge is -2.53. The summed E-state index contributed by atoms with van der Waals surface area (Å²) >= 11 is 0. The van der Waals surface area contributed by atoms with Crippen LogP contribution < -0.4 is 10.5 Å². The van der Waals surface area contributed by atoms with Gasteiger partial charge in [-0.25, -0.2) is 4.79 Å². The van der Waals surface area contributed by atoms with Gasteiger partial charge < -0.3 is 15.4 Å². The molecule has 0 aliphatic carbocycles. The lowest BCUT2D eigenvalue weighted by molar-refractivity contribution is -0.146. The van der Waals surface area contributed by atoms with Crippen molar-refractivity contribution in [3.05, 3.63) is 101 Å². The van der Waals surface area contributed by atoms with Crippen molar-refractivity contribution in [1.29, 1.82) is 0 Å². The molecule has 0 bridgehead atoms. The zero-order valence-corrected chi connectivity index (χ0v) is 24.1. The largest absolute Gasteiger partial charge is 0.496 e. The first kappa shape index (κ1) is 29.6. The number of urea groups is 1. The number of fused-ring (bicyclic) bond motifs is 1. The van der Waals surface area contributed by atoms with Crippen molar-refractivity contribution in [2.75, 3.05) is 39.8 Å². The normalized spacial score (nSPS) is 19.6. The molecule has 44 heavy (non-hydrogen) atoms. The molecular formula is C31H33F3N8O2. The molecule has 0 saturated carbocycles. The van der Waals surface area contributed by atoms with Gasteiger partial charge in [0.15, 0.2) is 0 Å². The number of hydrogen-bond donors (Lipinski definition) is 1. The number of benzene rings is 3.